The van der Waals surface area contributed by atoms with Gasteiger partial charge in [0.1, 0.15) is 5.75 Å². The first kappa shape index (κ1) is 25.0. The average Bonchev–Trinajstić information content (AvgIpc) is 2.90. The number of hydrogen-bond donors (Lipinski definition) is 0. The van der Waals surface area contributed by atoms with Gasteiger partial charge in [-0.2, -0.15) is 0 Å². The van der Waals surface area contributed by atoms with E-state index in [1.54, 1.807) is 12.0 Å². The SMILES string of the molecule is COc1ccccc1N1CCN(C[C@@H](C)N(C(=O)C2CCCCC2)C(=O)C2CCCCC2)CC1. The summed E-state index contributed by atoms with van der Waals surface area (Å²) in [6.45, 7) is 6.53. The number of nitrogens with zero attached hydrogens (tertiary/aromatic N) is 3. The van der Waals surface area contributed by atoms with Crippen LogP contribution in [0.5, 0.6) is 5.75 Å². The zero-order valence-corrected chi connectivity index (χ0v) is 21.2. The van der Waals surface area contributed by atoms with E-state index in [2.05, 4.69) is 28.9 Å². The quantitative estimate of drug-likeness (QED) is 0.541. The third-order valence-corrected chi connectivity index (χ3v) is 8.15. The number of benzene rings is 1. The molecule has 188 valence electrons. The van der Waals surface area contributed by atoms with Crippen molar-refractivity contribution in [2.45, 2.75) is 77.2 Å². The van der Waals surface area contributed by atoms with Crippen molar-refractivity contribution >= 4 is 17.5 Å². The normalized spacial score (nSPS) is 21.8. The lowest BCUT2D eigenvalue weighted by Crippen LogP contribution is -2.55. The van der Waals surface area contributed by atoms with Crippen molar-refractivity contribution in [3.8, 4) is 5.75 Å². The molecule has 34 heavy (non-hydrogen) atoms. The molecule has 3 aliphatic rings. The molecule has 6 nitrogen and oxygen atoms in total. The van der Waals surface area contributed by atoms with Gasteiger partial charge in [0.05, 0.1) is 12.8 Å². The maximum absolute atomic E-state index is 13.6. The van der Waals surface area contributed by atoms with Crippen LogP contribution in [0.3, 0.4) is 0 Å². The fourth-order valence-electron chi connectivity index (χ4n) is 6.15. The Morgan fingerprint density at radius 2 is 1.41 bits per heavy atom. The van der Waals surface area contributed by atoms with E-state index in [-0.39, 0.29) is 29.7 Å². The van der Waals surface area contributed by atoms with E-state index in [1.165, 1.54) is 12.8 Å². The molecule has 1 heterocycles. The molecule has 1 saturated heterocycles. The highest BCUT2D eigenvalue weighted by Crippen LogP contribution is 2.31. The van der Waals surface area contributed by atoms with Crippen molar-refractivity contribution < 1.29 is 14.3 Å². The number of anilines is 1. The van der Waals surface area contributed by atoms with Gasteiger partial charge in [-0.1, -0.05) is 50.7 Å². The summed E-state index contributed by atoms with van der Waals surface area (Å²) in [6.07, 6.45) is 10.6. The van der Waals surface area contributed by atoms with Crippen molar-refractivity contribution in [3.63, 3.8) is 0 Å². The highest BCUT2D eigenvalue weighted by atomic mass is 16.5. The van der Waals surface area contributed by atoms with Crippen LogP contribution >= 0.6 is 0 Å². The molecule has 1 aromatic carbocycles. The Hall–Kier alpha value is -2.08. The monoisotopic (exact) mass is 469 g/mol. The van der Waals surface area contributed by atoms with Gasteiger partial charge in [0.25, 0.3) is 0 Å². The average molecular weight is 470 g/mol. The zero-order chi connectivity index (χ0) is 23.9. The van der Waals surface area contributed by atoms with Gasteiger partial charge in [0, 0.05) is 50.6 Å². The lowest BCUT2D eigenvalue weighted by Gasteiger charge is -2.40. The maximum Gasteiger partial charge on any atom is 0.232 e. The molecule has 1 aliphatic heterocycles. The lowest BCUT2D eigenvalue weighted by atomic mass is 9.85. The predicted molar refractivity (Wildman–Crippen MR) is 136 cm³/mol. The largest absolute Gasteiger partial charge is 0.495 e. The topological polar surface area (TPSA) is 53.1 Å². The lowest BCUT2D eigenvalue weighted by molar-refractivity contribution is -0.154. The molecule has 4 rings (SSSR count). The highest BCUT2D eigenvalue weighted by Gasteiger charge is 2.37. The van der Waals surface area contributed by atoms with E-state index in [0.717, 1.165) is 95.5 Å². The molecule has 1 atom stereocenters. The van der Waals surface area contributed by atoms with Crippen LogP contribution in [-0.4, -0.2) is 67.5 Å². The van der Waals surface area contributed by atoms with E-state index in [4.69, 9.17) is 4.74 Å². The maximum atomic E-state index is 13.6. The smallest absolute Gasteiger partial charge is 0.232 e. The van der Waals surface area contributed by atoms with Crippen LogP contribution in [0.1, 0.15) is 71.1 Å². The second kappa shape index (κ2) is 12.1. The van der Waals surface area contributed by atoms with Crippen molar-refractivity contribution in [1.82, 2.24) is 9.80 Å². The summed E-state index contributed by atoms with van der Waals surface area (Å²) in [5, 5.41) is 0. The molecule has 0 bridgehead atoms. The number of imide groups is 1. The van der Waals surface area contributed by atoms with Crippen LogP contribution in [0, 0.1) is 11.8 Å². The number of amides is 2. The first-order valence-electron chi connectivity index (χ1n) is 13.6. The minimum absolute atomic E-state index is 0.0335. The van der Waals surface area contributed by atoms with E-state index in [9.17, 15) is 9.59 Å². The van der Waals surface area contributed by atoms with Crippen LogP contribution in [0.2, 0.25) is 0 Å². The number of methoxy groups -OCH3 is 1. The van der Waals surface area contributed by atoms with Crippen LogP contribution in [-0.2, 0) is 9.59 Å². The summed E-state index contributed by atoms with van der Waals surface area (Å²) in [5.74, 6) is 1.19. The van der Waals surface area contributed by atoms with Gasteiger partial charge in [0.15, 0.2) is 0 Å². The first-order valence-corrected chi connectivity index (χ1v) is 13.6. The number of piperazine rings is 1. The highest BCUT2D eigenvalue weighted by molar-refractivity contribution is 5.97. The van der Waals surface area contributed by atoms with Gasteiger partial charge in [0.2, 0.25) is 11.8 Å². The first-order chi connectivity index (χ1) is 16.6. The van der Waals surface area contributed by atoms with Crippen molar-refractivity contribution in [1.29, 1.82) is 0 Å². The number of para-hydroxylation sites is 2. The van der Waals surface area contributed by atoms with E-state index >= 15 is 0 Å². The number of ether oxygens (including phenoxy) is 1. The molecule has 2 saturated carbocycles. The summed E-state index contributed by atoms with van der Waals surface area (Å²) >= 11 is 0. The Labute approximate surface area is 205 Å². The molecule has 6 heteroatoms. The minimum atomic E-state index is -0.0818. The molecular formula is C28H43N3O3. The Bertz CT molecular complexity index is 779. The summed E-state index contributed by atoms with van der Waals surface area (Å²) in [6, 6.07) is 8.10. The molecule has 0 radical (unpaired) electrons. The van der Waals surface area contributed by atoms with Crippen LogP contribution in [0.4, 0.5) is 5.69 Å². The number of hydrogen-bond acceptors (Lipinski definition) is 5. The van der Waals surface area contributed by atoms with Gasteiger partial charge in [-0.15, -0.1) is 0 Å². The summed E-state index contributed by atoms with van der Waals surface area (Å²) in [5.41, 5.74) is 1.14. The Balaban J connectivity index is 1.40. The minimum Gasteiger partial charge on any atom is -0.495 e. The van der Waals surface area contributed by atoms with Gasteiger partial charge in [-0.3, -0.25) is 19.4 Å². The second-order valence-corrected chi connectivity index (χ2v) is 10.5. The van der Waals surface area contributed by atoms with Crippen LogP contribution in [0.25, 0.3) is 0 Å². The second-order valence-electron chi connectivity index (χ2n) is 10.5. The Morgan fingerprint density at radius 1 is 0.882 bits per heavy atom. The molecule has 0 spiro atoms. The molecule has 1 aromatic rings. The molecule has 2 amide bonds. The predicted octanol–water partition coefficient (Wildman–Crippen LogP) is 4.72. The third kappa shape index (κ3) is 5.94. The van der Waals surface area contributed by atoms with Gasteiger partial charge in [-0.25, -0.2) is 0 Å². The molecule has 2 aliphatic carbocycles. The molecular weight excluding hydrogens is 426 g/mol. The van der Waals surface area contributed by atoms with E-state index in [0.29, 0.717) is 0 Å². The number of carbonyl (C=O) groups excluding carboxylic acids is 2. The van der Waals surface area contributed by atoms with Crippen molar-refractivity contribution in [2.75, 3.05) is 44.7 Å². The van der Waals surface area contributed by atoms with E-state index in [1.807, 2.05) is 12.1 Å². The van der Waals surface area contributed by atoms with Crippen LogP contribution < -0.4 is 9.64 Å². The summed E-state index contributed by atoms with van der Waals surface area (Å²) < 4.78 is 5.55. The number of carbonyl (C=O) groups is 2. The number of rotatable bonds is 7. The fourth-order valence-corrected chi connectivity index (χ4v) is 6.15. The summed E-state index contributed by atoms with van der Waals surface area (Å²) in [4.78, 5) is 33.8. The van der Waals surface area contributed by atoms with Gasteiger partial charge in [-0.05, 0) is 44.7 Å². The summed E-state index contributed by atoms with van der Waals surface area (Å²) in [7, 11) is 1.72. The third-order valence-electron chi connectivity index (χ3n) is 8.15. The Kier molecular flexibility index (Phi) is 8.87. The van der Waals surface area contributed by atoms with Gasteiger partial charge >= 0.3 is 0 Å². The molecule has 0 aromatic heterocycles. The van der Waals surface area contributed by atoms with Crippen LogP contribution in [0.15, 0.2) is 24.3 Å². The standard InChI is InChI=1S/C28H43N3O3/c1-22(21-29-17-19-30(20-18-29)25-15-9-10-16-26(25)34-2)31(27(32)23-11-5-3-6-12-23)28(33)24-13-7-4-8-14-24/h9-10,15-16,22-24H,3-8,11-14,17-21H2,1-2H3/t22-/m1/s1. The fraction of sp³-hybridized carbons (Fsp3) is 0.714. The molecule has 0 unspecified atom stereocenters. The molecule has 3 fully saturated rings. The van der Waals surface area contributed by atoms with Gasteiger partial charge < -0.3 is 9.64 Å². The van der Waals surface area contributed by atoms with Crippen molar-refractivity contribution in [2.24, 2.45) is 11.8 Å². The van der Waals surface area contributed by atoms with E-state index < -0.39 is 0 Å². The van der Waals surface area contributed by atoms with Crippen molar-refractivity contribution in [3.05, 3.63) is 24.3 Å². The molecule has 0 N–H and O–H groups in total. The Morgan fingerprint density at radius 3 is 1.94 bits per heavy atom. The zero-order valence-electron chi connectivity index (χ0n) is 21.2.